The largest absolute Gasteiger partial charge is 0.320 e. The molecule has 2 aliphatic rings. The first-order valence-corrected chi connectivity index (χ1v) is 11.3. The predicted molar refractivity (Wildman–Crippen MR) is 110 cm³/mol. The highest BCUT2D eigenvalue weighted by Crippen LogP contribution is 2.30. The van der Waals surface area contributed by atoms with Crippen LogP contribution in [0.25, 0.3) is 0 Å². The molecule has 1 N–H and O–H groups in total. The van der Waals surface area contributed by atoms with E-state index in [4.69, 9.17) is 0 Å². The summed E-state index contributed by atoms with van der Waals surface area (Å²) in [4.78, 5) is 26.0. The van der Waals surface area contributed by atoms with Crippen LogP contribution in [0.15, 0.2) is 47.4 Å². The van der Waals surface area contributed by atoms with Gasteiger partial charge in [0.05, 0.1) is 11.4 Å². The maximum atomic E-state index is 14.3. The lowest BCUT2D eigenvalue weighted by molar-refractivity contribution is -0.117. The van der Waals surface area contributed by atoms with Crippen LogP contribution in [-0.4, -0.2) is 44.2 Å². The number of halogens is 1. The van der Waals surface area contributed by atoms with Gasteiger partial charge in [0.1, 0.15) is 10.7 Å². The summed E-state index contributed by atoms with van der Waals surface area (Å²) >= 11 is 0. The first kappa shape index (κ1) is 20.5. The van der Waals surface area contributed by atoms with E-state index in [9.17, 15) is 22.4 Å². The van der Waals surface area contributed by atoms with Gasteiger partial charge in [0.25, 0.3) is 5.91 Å². The number of hydrogen-bond acceptors (Lipinski definition) is 4. The van der Waals surface area contributed by atoms with Gasteiger partial charge in [-0.05, 0) is 49.6 Å². The maximum Gasteiger partial charge on any atom is 0.255 e. The van der Waals surface area contributed by atoms with E-state index < -0.39 is 26.6 Å². The molecule has 0 radical (unpaired) electrons. The van der Waals surface area contributed by atoms with Crippen molar-refractivity contribution in [2.45, 2.75) is 30.6 Å². The number of sulfonamides is 1. The molecule has 9 heteroatoms. The molecule has 2 aliphatic heterocycles. The van der Waals surface area contributed by atoms with Gasteiger partial charge in [0, 0.05) is 31.6 Å². The second-order valence-electron chi connectivity index (χ2n) is 7.38. The summed E-state index contributed by atoms with van der Waals surface area (Å²) in [6.07, 6.45) is 2.66. The van der Waals surface area contributed by atoms with Gasteiger partial charge in [-0.3, -0.25) is 9.59 Å². The third-order valence-corrected chi connectivity index (χ3v) is 7.31. The average molecular weight is 431 g/mol. The number of carbonyl (C=O) groups is 2. The normalized spacial score (nSPS) is 17.5. The Bertz CT molecular complexity index is 1100. The van der Waals surface area contributed by atoms with Gasteiger partial charge in [-0.2, -0.15) is 4.31 Å². The fourth-order valence-electron chi connectivity index (χ4n) is 3.82. The minimum atomic E-state index is -4.00. The van der Waals surface area contributed by atoms with Crippen molar-refractivity contribution < 1.29 is 22.4 Å². The molecule has 0 aliphatic carbocycles. The Labute approximate surface area is 174 Å². The molecule has 7 nitrogen and oxygen atoms in total. The zero-order valence-electron chi connectivity index (χ0n) is 16.3. The molecule has 2 saturated heterocycles. The molecular formula is C21H22FN3O4S. The summed E-state index contributed by atoms with van der Waals surface area (Å²) in [7, 11) is -4.00. The van der Waals surface area contributed by atoms with Crippen molar-refractivity contribution >= 4 is 33.2 Å². The molecule has 0 atom stereocenters. The van der Waals surface area contributed by atoms with Crippen LogP contribution in [0.4, 0.5) is 15.8 Å². The Kier molecular flexibility index (Phi) is 5.57. The van der Waals surface area contributed by atoms with Crippen LogP contribution in [0.3, 0.4) is 0 Å². The lowest BCUT2D eigenvalue weighted by atomic mass is 10.2. The molecule has 2 aromatic carbocycles. The second kappa shape index (κ2) is 8.16. The number of rotatable bonds is 5. The Hall–Kier alpha value is -2.78. The van der Waals surface area contributed by atoms with E-state index in [2.05, 4.69) is 5.32 Å². The fraction of sp³-hybridized carbons (Fsp3) is 0.333. The van der Waals surface area contributed by atoms with Crippen LogP contribution in [-0.2, 0) is 14.8 Å². The first-order valence-electron chi connectivity index (χ1n) is 9.88. The number of para-hydroxylation sites is 2. The Morgan fingerprint density at radius 1 is 1.00 bits per heavy atom. The summed E-state index contributed by atoms with van der Waals surface area (Å²) in [5, 5.41) is 2.73. The monoisotopic (exact) mass is 431 g/mol. The highest BCUT2D eigenvalue weighted by Gasteiger charge is 2.30. The lowest BCUT2D eigenvalue weighted by Crippen LogP contribution is -2.29. The van der Waals surface area contributed by atoms with Crippen LogP contribution in [0.5, 0.6) is 0 Å². The molecule has 0 saturated carbocycles. The minimum absolute atomic E-state index is 0.0162. The van der Waals surface area contributed by atoms with E-state index in [1.54, 1.807) is 29.2 Å². The average Bonchev–Trinajstić information content (AvgIpc) is 3.41. The Balaban J connectivity index is 1.62. The molecule has 30 heavy (non-hydrogen) atoms. The molecule has 0 unspecified atom stereocenters. The summed E-state index contributed by atoms with van der Waals surface area (Å²) < 4.78 is 41.1. The van der Waals surface area contributed by atoms with Crippen molar-refractivity contribution in [3.05, 3.63) is 53.8 Å². The SMILES string of the molecule is O=C(Nc1ccccc1N1CCCC1=O)c1ccc(F)c(S(=O)(=O)N2CCCC2)c1. The van der Waals surface area contributed by atoms with Crippen molar-refractivity contribution in [3.8, 4) is 0 Å². The first-order chi connectivity index (χ1) is 14.4. The summed E-state index contributed by atoms with van der Waals surface area (Å²) in [5.74, 6) is -1.48. The molecule has 2 amide bonds. The number of carbonyl (C=O) groups excluding carboxylic acids is 2. The maximum absolute atomic E-state index is 14.3. The molecule has 158 valence electrons. The standard InChI is InChI=1S/C21H22FN3O4S/c22-16-10-9-15(14-19(16)30(28,29)24-11-3-4-12-24)21(27)23-17-6-1-2-7-18(17)25-13-5-8-20(25)26/h1-2,6-7,9-10,14H,3-5,8,11-13H2,(H,23,27). The third kappa shape index (κ3) is 3.82. The highest BCUT2D eigenvalue weighted by molar-refractivity contribution is 7.89. The van der Waals surface area contributed by atoms with Gasteiger partial charge >= 0.3 is 0 Å². The van der Waals surface area contributed by atoms with Crippen LogP contribution < -0.4 is 10.2 Å². The van der Waals surface area contributed by atoms with Gasteiger partial charge < -0.3 is 10.2 Å². The third-order valence-electron chi connectivity index (χ3n) is 5.39. The number of nitrogens with zero attached hydrogens (tertiary/aromatic N) is 2. The van der Waals surface area contributed by atoms with E-state index in [1.807, 2.05) is 0 Å². The number of amides is 2. The van der Waals surface area contributed by atoms with Gasteiger partial charge in [-0.15, -0.1) is 0 Å². The molecule has 2 heterocycles. The number of nitrogens with one attached hydrogen (secondary N) is 1. The molecule has 2 fully saturated rings. The van der Waals surface area contributed by atoms with E-state index in [0.29, 0.717) is 37.4 Å². The topological polar surface area (TPSA) is 86.8 Å². The van der Waals surface area contributed by atoms with E-state index in [1.165, 1.54) is 10.4 Å². The zero-order valence-corrected chi connectivity index (χ0v) is 17.1. The van der Waals surface area contributed by atoms with Gasteiger partial charge in [0.15, 0.2) is 0 Å². The van der Waals surface area contributed by atoms with Gasteiger partial charge in [0.2, 0.25) is 15.9 Å². The Morgan fingerprint density at radius 2 is 1.73 bits per heavy atom. The molecule has 4 rings (SSSR count). The van der Waals surface area contributed by atoms with Crippen molar-refractivity contribution in [2.75, 3.05) is 29.9 Å². The Morgan fingerprint density at radius 3 is 2.43 bits per heavy atom. The van der Waals surface area contributed by atoms with Crippen LogP contribution in [0.1, 0.15) is 36.0 Å². The van der Waals surface area contributed by atoms with E-state index in [0.717, 1.165) is 31.4 Å². The fourth-order valence-corrected chi connectivity index (χ4v) is 5.43. The molecular weight excluding hydrogens is 409 g/mol. The van der Waals surface area contributed by atoms with Crippen molar-refractivity contribution in [1.82, 2.24) is 4.31 Å². The zero-order chi connectivity index (χ0) is 21.3. The minimum Gasteiger partial charge on any atom is -0.320 e. The number of hydrogen-bond donors (Lipinski definition) is 1. The van der Waals surface area contributed by atoms with Crippen LogP contribution in [0, 0.1) is 5.82 Å². The van der Waals surface area contributed by atoms with Gasteiger partial charge in [-0.25, -0.2) is 12.8 Å². The van der Waals surface area contributed by atoms with Gasteiger partial charge in [-0.1, -0.05) is 12.1 Å². The van der Waals surface area contributed by atoms with Crippen molar-refractivity contribution in [2.24, 2.45) is 0 Å². The lowest BCUT2D eigenvalue weighted by Gasteiger charge is -2.20. The highest BCUT2D eigenvalue weighted by atomic mass is 32.2. The number of anilines is 2. The van der Waals surface area contributed by atoms with Crippen LogP contribution in [0.2, 0.25) is 0 Å². The molecule has 0 aromatic heterocycles. The van der Waals surface area contributed by atoms with Crippen molar-refractivity contribution in [1.29, 1.82) is 0 Å². The number of benzene rings is 2. The van der Waals surface area contributed by atoms with E-state index >= 15 is 0 Å². The quantitative estimate of drug-likeness (QED) is 0.789. The van der Waals surface area contributed by atoms with Crippen LogP contribution >= 0.6 is 0 Å². The molecule has 0 spiro atoms. The van der Waals surface area contributed by atoms with Crippen molar-refractivity contribution in [3.63, 3.8) is 0 Å². The predicted octanol–water partition coefficient (Wildman–Crippen LogP) is 2.99. The summed E-state index contributed by atoms with van der Waals surface area (Å²) in [5.41, 5.74) is 1.04. The summed E-state index contributed by atoms with van der Waals surface area (Å²) in [6, 6.07) is 10.2. The second-order valence-corrected chi connectivity index (χ2v) is 9.28. The van der Waals surface area contributed by atoms with E-state index in [-0.39, 0.29) is 11.5 Å². The summed E-state index contributed by atoms with van der Waals surface area (Å²) in [6.45, 7) is 1.26. The molecule has 2 aromatic rings. The smallest absolute Gasteiger partial charge is 0.255 e. The molecule has 0 bridgehead atoms.